The molecule has 0 aliphatic rings. The van der Waals surface area contributed by atoms with Crippen molar-refractivity contribution in [3.05, 3.63) is 63.7 Å². The van der Waals surface area contributed by atoms with E-state index in [1.165, 1.54) is 12.1 Å². The lowest BCUT2D eigenvalue weighted by molar-refractivity contribution is -0.137. The zero-order valence-electron chi connectivity index (χ0n) is 17.4. The molecule has 3 nitrogen and oxygen atoms in total. The van der Waals surface area contributed by atoms with Crippen molar-refractivity contribution in [3.8, 4) is 17.2 Å². The van der Waals surface area contributed by atoms with Crippen molar-refractivity contribution in [1.29, 1.82) is 0 Å². The van der Waals surface area contributed by atoms with Crippen LogP contribution in [-0.4, -0.2) is 19.8 Å². The Morgan fingerprint density at radius 3 is 1.97 bits per heavy atom. The standard InChI is InChI=1S/C23H25Cl2F3O3/c1-3-16-14-20(30-13-10-21(24)25)15-17(4-2)22(16)31-12-5-11-29-19-8-6-18(7-9-19)23(26,27)28/h6-10,14-15H,3-5,11-13H2,1-2H3. The van der Waals surface area contributed by atoms with Crippen molar-refractivity contribution in [1.82, 2.24) is 0 Å². The Morgan fingerprint density at radius 1 is 0.871 bits per heavy atom. The number of aryl methyl sites for hydroxylation is 2. The highest BCUT2D eigenvalue weighted by atomic mass is 35.5. The second-order valence-electron chi connectivity index (χ2n) is 6.66. The summed E-state index contributed by atoms with van der Waals surface area (Å²) in [4.78, 5) is 0. The van der Waals surface area contributed by atoms with Crippen LogP contribution in [0, 0.1) is 0 Å². The fourth-order valence-electron chi connectivity index (χ4n) is 2.88. The molecular weight excluding hydrogens is 452 g/mol. The van der Waals surface area contributed by atoms with Gasteiger partial charge in [-0.3, -0.25) is 0 Å². The van der Waals surface area contributed by atoms with Crippen LogP contribution in [0.2, 0.25) is 0 Å². The highest BCUT2D eigenvalue weighted by Crippen LogP contribution is 2.32. The van der Waals surface area contributed by atoms with E-state index in [-0.39, 0.29) is 11.1 Å². The molecule has 0 atom stereocenters. The first-order valence-electron chi connectivity index (χ1n) is 9.97. The molecule has 31 heavy (non-hydrogen) atoms. The summed E-state index contributed by atoms with van der Waals surface area (Å²) >= 11 is 11.2. The molecule has 0 amide bonds. The molecule has 0 saturated heterocycles. The number of hydrogen-bond acceptors (Lipinski definition) is 3. The lowest BCUT2D eigenvalue weighted by Crippen LogP contribution is -2.08. The van der Waals surface area contributed by atoms with Gasteiger partial charge in [-0.15, -0.1) is 0 Å². The second-order valence-corrected chi connectivity index (χ2v) is 7.66. The predicted octanol–water partition coefficient (Wildman–Crippen LogP) is 7.38. The first kappa shape index (κ1) is 25.2. The summed E-state index contributed by atoms with van der Waals surface area (Å²) in [5, 5.41) is 0. The summed E-state index contributed by atoms with van der Waals surface area (Å²) in [5.41, 5.74) is 1.36. The third-order valence-electron chi connectivity index (χ3n) is 4.45. The summed E-state index contributed by atoms with van der Waals surface area (Å²) < 4.78 is 55.2. The Bertz CT molecular complexity index is 836. The van der Waals surface area contributed by atoms with Crippen LogP contribution in [0.1, 0.15) is 37.0 Å². The molecule has 0 spiro atoms. The van der Waals surface area contributed by atoms with Crippen LogP contribution in [0.15, 0.2) is 47.0 Å². The van der Waals surface area contributed by atoms with Crippen LogP contribution < -0.4 is 14.2 Å². The minimum absolute atomic E-state index is 0.157. The first-order chi connectivity index (χ1) is 14.7. The van der Waals surface area contributed by atoms with Crippen molar-refractivity contribution < 1.29 is 27.4 Å². The predicted molar refractivity (Wildman–Crippen MR) is 118 cm³/mol. The van der Waals surface area contributed by atoms with E-state index in [1.54, 1.807) is 6.08 Å². The van der Waals surface area contributed by atoms with Gasteiger partial charge in [0.25, 0.3) is 0 Å². The third-order valence-corrected chi connectivity index (χ3v) is 4.76. The van der Waals surface area contributed by atoms with Gasteiger partial charge >= 0.3 is 6.18 Å². The number of benzene rings is 2. The topological polar surface area (TPSA) is 27.7 Å². The zero-order chi connectivity index (χ0) is 22.9. The smallest absolute Gasteiger partial charge is 0.416 e. The van der Waals surface area contributed by atoms with Gasteiger partial charge in [-0.2, -0.15) is 13.2 Å². The third kappa shape index (κ3) is 8.19. The molecule has 2 rings (SSSR count). The van der Waals surface area contributed by atoms with Gasteiger partial charge in [0.15, 0.2) is 0 Å². The first-order valence-corrected chi connectivity index (χ1v) is 10.7. The van der Waals surface area contributed by atoms with Gasteiger partial charge in [-0.25, -0.2) is 0 Å². The average molecular weight is 477 g/mol. The van der Waals surface area contributed by atoms with Crippen LogP contribution >= 0.6 is 23.2 Å². The Labute approximate surface area is 190 Å². The molecular formula is C23H25Cl2F3O3. The molecule has 0 N–H and O–H groups in total. The van der Waals surface area contributed by atoms with Crippen molar-refractivity contribution >= 4 is 23.2 Å². The van der Waals surface area contributed by atoms with E-state index in [1.807, 2.05) is 26.0 Å². The van der Waals surface area contributed by atoms with E-state index in [0.717, 1.165) is 47.6 Å². The van der Waals surface area contributed by atoms with Gasteiger partial charge in [-0.1, -0.05) is 37.0 Å². The quantitative estimate of drug-likeness (QED) is 0.316. The molecule has 0 aliphatic heterocycles. The van der Waals surface area contributed by atoms with Crippen LogP contribution in [0.5, 0.6) is 17.2 Å². The monoisotopic (exact) mass is 476 g/mol. The molecule has 2 aromatic carbocycles. The van der Waals surface area contributed by atoms with Gasteiger partial charge in [0.2, 0.25) is 0 Å². The van der Waals surface area contributed by atoms with E-state index < -0.39 is 11.7 Å². The van der Waals surface area contributed by atoms with Gasteiger partial charge in [-0.05, 0) is 66.4 Å². The van der Waals surface area contributed by atoms with Gasteiger partial charge in [0.1, 0.15) is 28.3 Å². The molecule has 0 saturated carbocycles. The highest BCUT2D eigenvalue weighted by Gasteiger charge is 2.30. The minimum Gasteiger partial charge on any atom is -0.493 e. The normalized spacial score (nSPS) is 11.2. The van der Waals surface area contributed by atoms with Crippen LogP contribution in [0.4, 0.5) is 13.2 Å². The Morgan fingerprint density at radius 2 is 1.45 bits per heavy atom. The number of halogens is 5. The molecule has 0 radical (unpaired) electrons. The molecule has 8 heteroatoms. The highest BCUT2D eigenvalue weighted by molar-refractivity contribution is 6.55. The molecule has 0 bridgehead atoms. The summed E-state index contributed by atoms with van der Waals surface area (Å²) in [6.07, 6.45) is -0.651. The molecule has 0 heterocycles. The largest absolute Gasteiger partial charge is 0.493 e. The Hall–Kier alpha value is -2.05. The lowest BCUT2D eigenvalue weighted by Gasteiger charge is -2.17. The van der Waals surface area contributed by atoms with Crippen molar-refractivity contribution in [2.75, 3.05) is 19.8 Å². The number of alkyl halides is 3. The van der Waals surface area contributed by atoms with Gasteiger partial charge in [0.05, 0.1) is 18.8 Å². The minimum atomic E-state index is -4.35. The van der Waals surface area contributed by atoms with Crippen molar-refractivity contribution in [3.63, 3.8) is 0 Å². The van der Waals surface area contributed by atoms with Crippen LogP contribution in [-0.2, 0) is 19.0 Å². The van der Waals surface area contributed by atoms with E-state index in [9.17, 15) is 13.2 Å². The number of hydrogen-bond donors (Lipinski definition) is 0. The number of ether oxygens (including phenoxy) is 3. The summed E-state index contributed by atoms with van der Waals surface area (Å²) in [5.74, 6) is 1.94. The summed E-state index contributed by atoms with van der Waals surface area (Å²) in [7, 11) is 0. The second kappa shape index (κ2) is 12.1. The maximum absolute atomic E-state index is 12.6. The van der Waals surface area contributed by atoms with E-state index >= 15 is 0 Å². The molecule has 2 aromatic rings. The van der Waals surface area contributed by atoms with E-state index in [0.29, 0.717) is 25.4 Å². The van der Waals surface area contributed by atoms with E-state index in [4.69, 9.17) is 37.4 Å². The SMILES string of the molecule is CCc1cc(OCC=C(Cl)Cl)cc(CC)c1OCCCOc1ccc(C(F)(F)F)cc1. The maximum atomic E-state index is 12.6. The summed E-state index contributed by atoms with van der Waals surface area (Å²) in [6.45, 7) is 5.10. The average Bonchev–Trinajstić information content (AvgIpc) is 2.73. The number of rotatable bonds is 11. The molecule has 0 aromatic heterocycles. The van der Waals surface area contributed by atoms with Gasteiger partial charge in [0, 0.05) is 6.42 Å². The van der Waals surface area contributed by atoms with E-state index in [2.05, 4.69) is 0 Å². The Balaban J connectivity index is 1.90. The maximum Gasteiger partial charge on any atom is 0.416 e. The van der Waals surface area contributed by atoms with Crippen molar-refractivity contribution in [2.45, 2.75) is 39.3 Å². The fraction of sp³-hybridized carbons (Fsp3) is 0.391. The molecule has 0 fully saturated rings. The molecule has 0 unspecified atom stereocenters. The van der Waals surface area contributed by atoms with Gasteiger partial charge < -0.3 is 14.2 Å². The molecule has 170 valence electrons. The van der Waals surface area contributed by atoms with Crippen LogP contribution in [0.25, 0.3) is 0 Å². The zero-order valence-corrected chi connectivity index (χ0v) is 18.9. The molecule has 0 aliphatic carbocycles. The van der Waals surface area contributed by atoms with Crippen molar-refractivity contribution in [2.24, 2.45) is 0 Å². The summed E-state index contributed by atoms with van der Waals surface area (Å²) in [6, 6.07) is 8.52. The van der Waals surface area contributed by atoms with Crippen LogP contribution in [0.3, 0.4) is 0 Å². The lowest BCUT2D eigenvalue weighted by atomic mass is 10.0. The Kier molecular flexibility index (Phi) is 9.85. The fourth-order valence-corrected chi connectivity index (χ4v) is 3.01.